The van der Waals surface area contributed by atoms with Gasteiger partial charge >= 0.3 is 0 Å². The number of benzene rings is 1. The van der Waals surface area contributed by atoms with Crippen molar-refractivity contribution in [2.45, 2.75) is 58.0 Å². The van der Waals surface area contributed by atoms with Crippen molar-refractivity contribution in [2.75, 3.05) is 0 Å². The van der Waals surface area contributed by atoms with Gasteiger partial charge in [-0.05, 0) is 50.5 Å². The van der Waals surface area contributed by atoms with Crippen molar-refractivity contribution in [3.8, 4) is 5.75 Å². The van der Waals surface area contributed by atoms with Crippen molar-refractivity contribution < 1.29 is 9.53 Å². The third-order valence-electron chi connectivity index (χ3n) is 4.52. The van der Waals surface area contributed by atoms with Gasteiger partial charge in [0.15, 0.2) is 5.78 Å². The van der Waals surface area contributed by atoms with Crippen LogP contribution in [0.5, 0.6) is 5.75 Å². The minimum atomic E-state index is 0.281. The van der Waals surface area contributed by atoms with E-state index in [0.29, 0.717) is 12.5 Å². The molecule has 0 aliphatic heterocycles. The number of carbonyl (C=O) groups is 1. The molecule has 102 valence electrons. The number of Topliss-reactive ketones (excluding diaryl/α,β-unsaturated/α-hetero) is 1. The Morgan fingerprint density at radius 1 is 1.11 bits per heavy atom. The lowest BCUT2D eigenvalue weighted by Crippen LogP contribution is -2.24. The van der Waals surface area contributed by atoms with Gasteiger partial charge in [0.25, 0.3) is 0 Å². The van der Waals surface area contributed by atoms with E-state index in [4.69, 9.17) is 4.74 Å². The zero-order chi connectivity index (χ0) is 13.2. The monoisotopic (exact) mass is 258 g/mol. The fourth-order valence-corrected chi connectivity index (χ4v) is 3.28. The number of hydrogen-bond acceptors (Lipinski definition) is 2. The maximum absolute atomic E-state index is 11.9. The third kappa shape index (κ3) is 2.68. The van der Waals surface area contributed by atoms with Crippen LogP contribution in [0.15, 0.2) is 18.2 Å². The van der Waals surface area contributed by atoms with Gasteiger partial charge in [-0.1, -0.05) is 19.1 Å². The third-order valence-corrected chi connectivity index (χ3v) is 4.52. The average Bonchev–Trinajstić information content (AvgIpc) is 2.43. The number of hydrogen-bond donors (Lipinski definition) is 0. The molecule has 3 rings (SSSR count). The minimum absolute atomic E-state index is 0.281. The van der Waals surface area contributed by atoms with Crippen molar-refractivity contribution >= 4 is 5.78 Å². The Labute approximate surface area is 115 Å². The summed E-state index contributed by atoms with van der Waals surface area (Å²) in [4.78, 5) is 11.9. The summed E-state index contributed by atoms with van der Waals surface area (Å²) in [5.74, 6) is 2.08. The first-order valence-electron chi connectivity index (χ1n) is 7.56. The Morgan fingerprint density at radius 3 is 2.68 bits per heavy atom. The van der Waals surface area contributed by atoms with Gasteiger partial charge in [-0.3, -0.25) is 4.79 Å². The Kier molecular flexibility index (Phi) is 3.58. The zero-order valence-electron chi connectivity index (χ0n) is 11.7. The second-order valence-corrected chi connectivity index (χ2v) is 6.06. The number of ketones is 1. The van der Waals surface area contributed by atoms with Crippen molar-refractivity contribution in [2.24, 2.45) is 5.92 Å². The highest BCUT2D eigenvalue weighted by Crippen LogP contribution is 2.33. The lowest BCUT2D eigenvalue weighted by atomic mass is 9.88. The molecule has 0 unspecified atom stereocenters. The molecule has 1 aromatic carbocycles. The van der Waals surface area contributed by atoms with E-state index in [9.17, 15) is 4.79 Å². The fraction of sp³-hybridized carbons (Fsp3) is 0.588. The zero-order valence-corrected chi connectivity index (χ0v) is 11.7. The van der Waals surface area contributed by atoms with E-state index in [1.54, 1.807) is 0 Å². The van der Waals surface area contributed by atoms with Crippen LogP contribution in [-0.2, 0) is 6.42 Å². The molecule has 0 atom stereocenters. The smallest absolute Gasteiger partial charge is 0.163 e. The van der Waals surface area contributed by atoms with Gasteiger partial charge in [-0.15, -0.1) is 0 Å². The standard InChI is InChI=1S/C17H22O2/c1-12-8-10-13(11-9-12)19-17-7-3-4-14-15(17)5-2-6-16(14)18/h3-4,7,12-13H,2,5-6,8-11H2,1H3. The number of ether oxygens (including phenoxy) is 1. The van der Waals surface area contributed by atoms with Crippen LogP contribution in [0.2, 0.25) is 0 Å². The summed E-state index contributed by atoms with van der Waals surface area (Å²) >= 11 is 0. The summed E-state index contributed by atoms with van der Waals surface area (Å²) < 4.78 is 6.20. The molecule has 2 nitrogen and oxygen atoms in total. The topological polar surface area (TPSA) is 26.3 Å². The van der Waals surface area contributed by atoms with Gasteiger partial charge < -0.3 is 4.74 Å². The number of carbonyl (C=O) groups excluding carboxylic acids is 1. The van der Waals surface area contributed by atoms with Gasteiger partial charge in [0.2, 0.25) is 0 Å². The molecule has 19 heavy (non-hydrogen) atoms. The molecular formula is C17H22O2. The van der Waals surface area contributed by atoms with Gasteiger partial charge in [0, 0.05) is 17.5 Å². The van der Waals surface area contributed by atoms with E-state index in [1.807, 2.05) is 18.2 Å². The van der Waals surface area contributed by atoms with E-state index in [0.717, 1.165) is 48.5 Å². The molecule has 0 aromatic heterocycles. The van der Waals surface area contributed by atoms with Crippen LogP contribution in [0.25, 0.3) is 0 Å². The summed E-state index contributed by atoms with van der Waals surface area (Å²) in [6.45, 7) is 2.32. The molecule has 2 aliphatic rings. The van der Waals surface area contributed by atoms with Gasteiger partial charge in [-0.25, -0.2) is 0 Å². The molecule has 0 radical (unpaired) electrons. The number of rotatable bonds is 2. The van der Waals surface area contributed by atoms with Crippen LogP contribution in [0.4, 0.5) is 0 Å². The normalized spacial score (nSPS) is 26.9. The molecule has 0 amide bonds. The molecule has 0 heterocycles. The van der Waals surface area contributed by atoms with Gasteiger partial charge in [0.05, 0.1) is 6.10 Å². The molecule has 0 spiro atoms. The lowest BCUT2D eigenvalue weighted by molar-refractivity contribution is 0.0968. The average molecular weight is 258 g/mol. The Bertz CT molecular complexity index is 470. The highest BCUT2D eigenvalue weighted by molar-refractivity contribution is 5.99. The molecule has 0 bridgehead atoms. The predicted octanol–water partition coefficient (Wildman–Crippen LogP) is 4.16. The molecule has 2 heteroatoms. The molecule has 1 saturated carbocycles. The van der Waals surface area contributed by atoms with Crippen LogP contribution < -0.4 is 4.74 Å². The molecule has 0 N–H and O–H groups in total. The first-order valence-corrected chi connectivity index (χ1v) is 7.56. The van der Waals surface area contributed by atoms with Crippen LogP contribution in [0.1, 0.15) is 61.4 Å². The van der Waals surface area contributed by atoms with Crippen molar-refractivity contribution in [1.82, 2.24) is 0 Å². The van der Waals surface area contributed by atoms with Crippen LogP contribution in [0, 0.1) is 5.92 Å². The van der Waals surface area contributed by atoms with E-state index in [1.165, 1.54) is 12.8 Å². The Balaban J connectivity index is 1.78. The lowest BCUT2D eigenvalue weighted by Gasteiger charge is -2.28. The summed E-state index contributed by atoms with van der Waals surface area (Å²) in [5, 5.41) is 0. The van der Waals surface area contributed by atoms with E-state index in [2.05, 4.69) is 6.92 Å². The second kappa shape index (κ2) is 5.36. The maximum Gasteiger partial charge on any atom is 0.163 e. The maximum atomic E-state index is 11.9. The summed E-state index contributed by atoms with van der Waals surface area (Å²) in [6.07, 6.45) is 7.82. The van der Waals surface area contributed by atoms with E-state index < -0.39 is 0 Å². The Hall–Kier alpha value is -1.31. The van der Waals surface area contributed by atoms with Crippen LogP contribution >= 0.6 is 0 Å². The van der Waals surface area contributed by atoms with Crippen LogP contribution in [0.3, 0.4) is 0 Å². The Morgan fingerprint density at radius 2 is 1.89 bits per heavy atom. The van der Waals surface area contributed by atoms with Crippen molar-refractivity contribution in [3.05, 3.63) is 29.3 Å². The number of fused-ring (bicyclic) bond motifs is 1. The SMILES string of the molecule is CC1CCC(Oc2cccc3c2CCCC3=O)CC1. The predicted molar refractivity (Wildman–Crippen MR) is 75.8 cm³/mol. The molecule has 1 fully saturated rings. The summed E-state index contributed by atoms with van der Waals surface area (Å²) in [5.41, 5.74) is 2.05. The fourth-order valence-electron chi connectivity index (χ4n) is 3.28. The molecule has 2 aliphatic carbocycles. The van der Waals surface area contributed by atoms with E-state index >= 15 is 0 Å². The van der Waals surface area contributed by atoms with Gasteiger partial charge in [0.1, 0.15) is 5.75 Å². The molecule has 1 aromatic rings. The highest BCUT2D eigenvalue weighted by atomic mass is 16.5. The van der Waals surface area contributed by atoms with Gasteiger partial charge in [-0.2, -0.15) is 0 Å². The second-order valence-electron chi connectivity index (χ2n) is 6.06. The molecular weight excluding hydrogens is 236 g/mol. The summed E-state index contributed by atoms with van der Waals surface area (Å²) in [7, 11) is 0. The van der Waals surface area contributed by atoms with Crippen LogP contribution in [-0.4, -0.2) is 11.9 Å². The molecule has 0 saturated heterocycles. The van der Waals surface area contributed by atoms with E-state index in [-0.39, 0.29) is 5.78 Å². The first kappa shape index (κ1) is 12.7. The summed E-state index contributed by atoms with van der Waals surface area (Å²) in [6, 6.07) is 5.95. The largest absolute Gasteiger partial charge is 0.490 e. The van der Waals surface area contributed by atoms with Crippen molar-refractivity contribution in [3.63, 3.8) is 0 Å². The quantitative estimate of drug-likeness (QED) is 0.796. The minimum Gasteiger partial charge on any atom is -0.490 e. The first-order chi connectivity index (χ1) is 9.24. The van der Waals surface area contributed by atoms with Crippen molar-refractivity contribution in [1.29, 1.82) is 0 Å². The highest BCUT2D eigenvalue weighted by Gasteiger charge is 2.24.